The third-order valence-electron chi connectivity index (χ3n) is 3.73. The van der Waals surface area contributed by atoms with E-state index in [1.54, 1.807) is 31.3 Å². The molecule has 24 heavy (non-hydrogen) atoms. The van der Waals surface area contributed by atoms with Crippen molar-refractivity contribution in [3.8, 4) is 11.1 Å². The van der Waals surface area contributed by atoms with Gasteiger partial charge in [0.1, 0.15) is 5.60 Å². The first kappa shape index (κ1) is 18.8. The van der Waals surface area contributed by atoms with Crippen LogP contribution >= 0.6 is 23.2 Å². The number of aliphatic hydroxyl groups is 2. The number of aliphatic hydroxyl groups excluding tert-OH is 1. The zero-order valence-corrected chi connectivity index (χ0v) is 14.9. The minimum Gasteiger partial charge on any atom is -0.462 e. The fraction of sp³-hybridized carbons (Fsp3) is 0.353. The number of H-pyrrole nitrogens is 1. The molecule has 0 amide bonds. The number of halogens is 2. The number of carbonyl (C=O) groups is 1. The molecule has 0 saturated heterocycles. The third kappa shape index (κ3) is 3.59. The highest BCUT2D eigenvalue weighted by atomic mass is 35.5. The number of hydrogen-bond donors (Lipinski definition) is 3. The SMILES string of the molecule is CCOC(=O)c1c(-c2c(Cl)cccc2Cl)c[nH]c1C(C)(O)CCO. The first-order chi connectivity index (χ1) is 11.3. The molecule has 1 atom stereocenters. The molecule has 0 fully saturated rings. The minimum atomic E-state index is -1.44. The predicted molar refractivity (Wildman–Crippen MR) is 93.5 cm³/mol. The van der Waals surface area contributed by atoms with Gasteiger partial charge in [0.2, 0.25) is 0 Å². The Morgan fingerprint density at radius 2 is 1.96 bits per heavy atom. The van der Waals surface area contributed by atoms with Crippen molar-refractivity contribution in [2.45, 2.75) is 25.9 Å². The number of aromatic nitrogens is 1. The molecule has 0 saturated carbocycles. The molecule has 1 aromatic carbocycles. The van der Waals surface area contributed by atoms with Gasteiger partial charge in [-0.15, -0.1) is 0 Å². The van der Waals surface area contributed by atoms with Gasteiger partial charge in [-0.25, -0.2) is 4.79 Å². The summed E-state index contributed by atoms with van der Waals surface area (Å²) in [6.07, 6.45) is 1.61. The van der Waals surface area contributed by atoms with Gasteiger partial charge in [-0.3, -0.25) is 0 Å². The number of benzene rings is 1. The van der Waals surface area contributed by atoms with Gasteiger partial charge in [0.05, 0.1) is 17.9 Å². The number of carbonyl (C=O) groups excluding carboxylic acids is 1. The molecule has 0 aliphatic rings. The molecule has 0 radical (unpaired) electrons. The number of aromatic amines is 1. The average Bonchev–Trinajstić information content (AvgIpc) is 2.93. The van der Waals surface area contributed by atoms with E-state index in [2.05, 4.69) is 4.98 Å². The summed E-state index contributed by atoms with van der Waals surface area (Å²) >= 11 is 12.5. The van der Waals surface area contributed by atoms with E-state index in [1.807, 2.05) is 0 Å². The van der Waals surface area contributed by atoms with Crippen LogP contribution in [0, 0.1) is 0 Å². The summed E-state index contributed by atoms with van der Waals surface area (Å²) in [5, 5.41) is 20.5. The van der Waals surface area contributed by atoms with Gasteiger partial charge in [-0.1, -0.05) is 29.3 Å². The highest BCUT2D eigenvalue weighted by Crippen LogP contribution is 2.40. The lowest BCUT2D eigenvalue weighted by molar-refractivity contribution is 0.0229. The van der Waals surface area contributed by atoms with Crippen LogP contribution in [0.2, 0.25) is 10.0 Å². The van der Waals surface area contributed by atoms with Crippen molar-refractivity contribution in [2.75, 3.05) is 13.2 Å². The van der Waals surface area contributed by atoms with Crippen LogP contribution in [-0.4, -0.2) is 34.4 Å². The zero-order valence-electron chi connectivity index (χ0n) is 13.4. The number of ether oxygens (including phenoxy) is 1. The minimum absolute atomic E-state index is 0.0512. The molecule has 0 bridgehead atoms. The second-order valence-electron chi connectivity index (χ2n) is 5.52. The van der Waals surface area contributed by atoms with E-state index in [0.29, 0.717) is 21.2 Å². The molecular formula is C17H19Cl2NO4. The Balaban J connectivity index is 2.70. The van der Waals surface area contributed by atoms with Crippen molar-refractivity contribution >= 4 is 29.2 Å². The van der Waals surface area contributed by atoms with Gasteiger partial charge >= 0.3 is 5.97 Å². The van der Waals surface area contributed by atoms with E-state index in [-0.39, 0.29) is 30.9 Å². The summed E-state index contributed by atoms with van der Waals surface area (Å²) < 4.78 is 5.12. The summed E-state index contributed by atoms with van der Waals surface area (Å²) in [7, 11) is 0. The van der Waals surface area contributed by atoms with E-state index in [1.165, 1.54) is 6.92 Å². The predicted octanol–water partition coefficient (Wildman–Crippen LogP) is 3.76. The molecular weight excluding hydrogens is 353 g/mol. The maximum atomic E-state index is 12.5. The average molecular weight is 372 g/mol. The molecule has 1 unspecified atom stereocenters. The third-order valence-corrected chi connectivity index (χ3v) is 4.36. The van der Waals surface area contributed by atoms with Crippen molar-refractivity contribution < 1.29 is 19.7 Å². The molecule has 1 aromatic heterocycles. The highest BCUT2D eigenvalue weighted by Gasteiger charge is 2.33. The number of hydrogen-bond acceptors (Lipinski definition) is 4. The first-order valence-corrected chi connectivity index (χ1v) is 8.25. The molecule has 2 aromatic rings. The van der Waals surface area contributed by atoms with E-state index in [4.69, 9.17) is 27.9 Å². The van der Waals surface area contributed by atoms with Crippen LogP contribution in [-0.2, 0) is 10.3 Å². The summed E-state index contributed by atoms with van der Waals surface area (Å²) in [5.41, 5.74) is -0.113. The van der Waals surface area contributed by atoms with Crippen LogP contribution in [0.5, 0.6) is 0 Å². The fourth-order valence-corrected chi connectivity index (χ4v) is 3.16. The molecule has 130 valence electrons. The molecule has 3 N–H and O–H groups in total. The van der Waals surface area contributed by atoms with Crippen molar-refractivity contribution in [1.29, 1.82) is 0 Å². The van der Waals surface area contributed by atoms with Crippen molar-refractivity contribution in [1.82, 2.24) is 4.98 Å². The molecule has 0 aliphatic carbocycles. The highest BCUT2D eigenvalue weighted by molar-refractivity contribution is 6.39. The quantitative estimate of drug-likeness (QED) is 0.675. The Hall–Kier alpha value is -1.53. The van der Waals surface area contributed by atoms with Gasteiger partial charge in [0.25, 0.3) is 0 Å². The summed E-state index contributed by atoms with van der Waals surface area (Å²) in [6, 6.07) is 5.03. The summed E-state index contributed by atoms with van der Waals surface area (Å²) in [4.78, 5) is 15.4. The largest absolute Gasteiger partial charge is 0.462 e. The topological polar surface area (TPSA) is 82.6 Å². The van der Waals surface area contributed by atoms with E-state index in [9.17, 15) is 15.0 Å². The van der Waals surface area contributed by atoms with Crippen LogP contribution in [0.25, 0.3) is 11.1 Å². The summed E-state index contributed by atoms with van der Waals surface area (Å²) in [6.45, 7) is 3.14. The van der Waals surface area contributed by atoms with Gasteiger partial charge in [0, 0.05) is 40.4 Å². The Morgan fingerprint density at radius 1 is 1.33 bits per heavy atom. The van der Waals surface area contributed by atoms with Crippen molar-refractivity contribution in [3.63, 3.8) is 0 Å². The lowest BCUT2D eigenvalue weighted by Crippen LogP contribution is -2.26. The van der Waals surface area contributed by atoms with Crippen molar-refractivity contribution in [2.24, 2.45) is 0 Å². The normalized spacial score (nSPS) is 13.6. The molecule has 7 heteroatoms. The van der Waals surface area contributed by atoms with Crippen molar-refractivity contribution in [3.05, 3.63) is 45.7 Å². The van der Waals surface area contributed by atoms with E-state index >= 15 is 0 Å². The van der Waals surface area contributed by atoms with Gasteiger partial charge < -0.3 is 19.9 Å². The van der Waals surface area contributed by atoms with Gasteiger partial charge in [-0.2, -0.15) is 0 Å². The maximum Gasteiger partial charge on any atom is 0.340 e. The first-order valence-electron chi connectivity index (χ1n) is 7.50. The number of nitrogens with one attached hydrogen (secondary N) is 1. The van der Waals surface area contributed by atoms with Crippen LogP contribution in [0.1, 0.15) is 36.3 Å². The second kappa shape index (κ2) is 7.57. The molecule has 1 heterocycles. The Morgan fingerprint density at radius 3 is 2.50 bits per heavy atom. The Labute approximate surface area is 150 Å². The fourth-order valence-electron chi connectivity index (χ4n) is 2.56. The molecule has 0 aliphatic heterocycles. The van der Waals surface area contributed by atoms with Crippen LogP contribution in [0.15, 0.2) is 24.4 Å². The lowest BCUT2D eigenvalue weighted by atomic mass is 9.92. The molecule has 2 rings (SSSR count). The smallest absolute Gasteiger partial charge is 0.340 e. The standard InChI is InChI=1S/C17H19Cl2NO4/c1-3-24-16(22)14-10(13-11(18)5-4-6-12(13)19)9-20-15(14)17(2,23)7-8-21/h4-6,9,20-21,23H,3,7-8H2,1-2H3. The van der Waals surface area contributed by atoms with Gasteiger partial charge in [-0.05, 0) is 26.0 Å². The lowest BCUT2D eigenvalue weighted by Gasteiger charge is -2.23. The Kier molecular flexibility index (Phi) is 5.93. The van der Waals surface area contributed by atoms with E-state index < -0.39 is 11.6 Å². The molecule has 5 nitrogen and oxygen atoms in total. The monoisotopic (exact) mass is 371 g/mol. The second-order valence-corrected chi connectivity index (χ2v) is 6.33. The van der Waals surface area contributed by atoms with Gasteiger partial charge in [0.15, 0.2) is 0 Å². The molecule has 0 spiro atoms. The Bertz CT molecular complexity index is 720. The van der Waals surface area contributed by atoms with Crippen LogP contribution in [0.4, 0.5) is 0 Å². The van der Waals surface area contributed by atoms with E-state index in [0.717, 1.165) is 0 Å². The maximum absolute atomic E-state index is 12.5. The van der Waals surface area contributed by atoms with Crippen LogP contribution in [0.3, 0.4) is 0 Å². The zero-order chi connectivity index (χ0) is 17.9. The number of rotatable bonds is 6. The number of esters is 1. The summed E-state index contributed by atoms with van der Waals surface area (Å²) in [5.74, 6) is -0.599. The van der Waals surface area contributed by atoms with Crippen LogP contribution < -0.4 is 0 Å².